The zero-order valence-electron chi connectivity index (χ0n) is 15.8. The fraction of sp³-hybridized carbons (Fsp3) is 0.143. The van der Waals surface area contributed by atoms with Crippen LogP contribution in [0.4, 0.5) is 8.78 Å². The number of carbonyl (C=O) groups is 1. The quantitative estimate of drug-likeness (QED) is 0.333. The molecular formula is C21H14BrF2N3O4. The molecule has 0 radical (unpaired) electrons. The van der Waals surface area contributed by atoms with Crippen molar-refractivity contribution in [2.75, 3.05) is 0 Å². The van der Waals surface area contributed by atoms with E-state index >= 15 is 0 Å². The molecule has 0 aliphatic rings. The fourth-order valence-corrected chi connectivity index (χ4v) is 3.12. The molecule has 2 aromatic heterocycles. The Labute approximate surface area is 183 Å². The minimum atomic E-state index is -0.760. The predicted octanol–water partition coefficient (Wildman–Crippen LogP) is 5.11. The average molecular weight is 490 g/mol. The van der Waals surface area contributed by atoms with Gasteiger partial charge in [-0.2, -0.15) is 4.98 Å². The van der Waals surface area contributed by atoms with Gasteiger partial charge < -0.3 is 13.7 Å². The van der Waals surface area contributed by atoms with Gasteiger partial charge in [0.1, 0.15) is 11.6 Å². The molecule has 0 unspecified atom stereocenters. The molecule has 4 rings (SSSR count). The Balaban J connectivity index is 1.29. The highest BCUT2D eigenvalue weighted by Crippen LogP contribution is 2.25. The van der Waals surface area contributed by atoms with E-state index in [0.717, 1.165) is 22.2 Å². The second-order valence-electron chi connectivity index (χ2n) is 6.43. The van der Waals surface area contributed by atoms with Gasteiger partial charge in [-0.1, -0.05) is 33.2 Å². The van der Waals surface area contributed by atoms with Gasteiger partial charge in [0.15, 0.2) is 18.3 Å². The first-order valence-electron chi connectivity index (χ1n) is 9.12. The summed E-state index contributed by atoms with van der Waals surface area (Å²) in [6.45, 7) is -0.169. The number of benzene rings is 2. The van der Waals surface area contributed by atoms with Gasteiger partial charge in [0, 0.05) is 22.5 Å². The van der Waals surface area contributed by atoms with Crippen molar-refractivity contribution in [3.05, 3.63) is 76.6 Å². The summed E-state index contributed by atoms with van der Waals surface area (Å²) in [5.41, 5.74) is 0.841. The van der Waals surface area contributed by atoms with Gasteiger partial charge in [-0.3, -0.25) is 4.79 Å². The average Bonchev–Trinajstić information content (AvgIpc) is 3.40. The zero-order chi connectivity index (χ0) is 21.8. The number of ether oxygens (including phenoxy) is 1. The van der Waals surface area contributed by atoms with Gasteiger partial charge in [0.05, 0.1) is 18.2 Å². The highest BCUT2D eigenvalue weighted by Gasteiger charge is 2.15. The normalized spacial score (nSPS) is 10.9. The Morgan fingerprint density at radius 3 is 2.81 bits per heavy atom. The molecule has 0 saturated heterocycles. The standard InChI is InChI=1S/C21H14BrF2N3O4/c22-13-3-1-2-12(8-13)21-26-19(31-27-21)11-29-20(28)7-6-18-25-10-17(30-18)15-5-4-14(23)9-16(15)24/h1-5,8-10H,6-7,11H2. The third-order valence-electron chi connectivity index (χ3n) is 4.20. The monoisotopic (exact) mass is 489 g/mol. The molecule has 2 heterocycles. The van der Waals surface area contributed by atoms with E-state index in [0.29, 0.717) is 5.82 Å². The van der Waals surface area contributed by atoms with E-state index in [2.05, 4.69) is 31.1 Å². The van der Waals surface area contributed by atoms with Crippen molar-refractivity contribution in [3.63, 3.8) is 0 Å². The van der Waals surface area contributed by atoms with Gasteiger partial charge >= 0.3 is 5.97 Å². The molecular weight excluding hydrogens is 476 g/mol. The number of aryl methyl sites for hydroxylation is 1. The Bertz CT molecular complexity index is 1220. The Morgan fingerprint density at radius 2 is 2.00 bits per heavy atom. The van der Waals surface area contributed by atoms with Crippen molar-refractivity contribution in [2.24, 2.45) is 0 Å². The van der Waals surface area contributed by atoms with E-state index in [4.69, 9.17) is 13.7 Å². The number of halogens is 3. The van der Waals surface area contributed by atoms with Crippen molar-refractivity contribution in [1.82, 2.24) is 15.1 Å². The van der Waals surface area contributed by atoms with Crippen LogP contribution in [0.2, 0.25) is 0 Å². The summed E-state index contributed by atoms with van der Waals surface area (Å²) in [7, 11) is 0. The van der Waals surface area contributed by atoms with Crippen LogP contribution < -0.4 is 0 Å². The lowest BCUT2D eigenvalue weighted by atomic mass is 10.2. The second kappa shape index (κ2) is 9.17. The molecule has 0 amide bonds. The Kier molecular flexibility index (Phi) is 6.17. The molecule has 0 N–H and O–H groups in total. The van der Waals surface area contributed by atoms with Crippen LogP contribution in [0.15, 0.2) is 62.1 Å². The van der Waals surface area contributed by atoms with Gasteiger partial charge in [-0.15, -0.1) is 0 Å². The SMILES string of the molecule is O=C(CCc1ncc(-c2ccc(F)cc2F)o1)OCc1nc(-c2cccc(Br)c2)no1. The summed E-state index contributed by atoms with van der Waals surface area (Å²) in [4.78, 5) is 20.2. The summed E-state index contributed by atoms with van der Waals surface area (Å²) < 4.78 is 43.4. The van der Waals surface area contributed by atoms with E-state index in [1.165, 1.54) is 12.3 Å². The van der Waals surface area contributed by atoms with Gasteiger partial charge in [-0.25, -0.2) is 13.8 Å². The van der Waals surface area contributed by atoms with E-state index in [1.54, 1.807) is 0 Å². The van der Waals surface area contributed by atoms with E-state index in [1.807, 2.05) is 24.3 Å². The first-order chi connectivity index (χ1) is 15.0. The first-order valence-corrected chi connectivity index (χ1v) is 9.91. The zero-order valence-corrected chi connectivity index (χ0v) is 17.4. The summed E-state index contributed by atoms with van der Waals surface area (Å²) in [6, 6.07) is 10.5. The number of rotatable bonds is 7. The topological polar surface area (TPSA) is 91.2 Å². The molecule has 0 fully saturated rings. The minimum absolute atomic E-state index is 0.0154. The summed E-state index contributed by atoms with van der Waals surface area (Å²) in [6.07, 6.45) is 1.45. The maximum atomic E-state index is 13.8. The lowest BCUT2D eigenvalue weighted by Gasteiger charge is -2.01. The number of aromatic nitrogens is 3. The van der Waals surface area contributed by atoms with Gasteiger partial charge in [-0.05, 0) is 24.3 Å². The number of hydrogen-bond acceptors (Lipinski definition) is 7. The molecule has 31 heavy (non-hydrogen) atoms. The number of oxazole rings is 1. The van der Waals surface area contributed by atoms with Crippen LogP contribution in [0.5, 0.6) is 0 Å². The van der Waals surface area contributed by atoms with Crippen molar-refractivity contribution in [1.29, 1.82) is 0 Å². The Morgan fingerprint density at radius 1 is 1.13 bits per heavy atom. The first kappa shape index (κ1) is 20.9. The third kappa shape index (κ3) is 5.21. The van der Waals surface area contributed by atoms with Crippen LogP contribution in [0.1, 0.15) is 18.2 Å². The highest BCUT2D eigenvalue weighted by atomic mass is 79.9. The molecule has 0 saturated carbocycles. The third-order valence-corrected chi connectivity index (χ3v) is 4.69. The maximum Gasteiger partial charge on any atom is 0.306 e. The van der Waals surface area contributed by atoms with Crippen molar-refractivity contribution in [3.8, 4) is 22.7 Å². The van der Waals surface area contributed by atoms with Crippen molar-refractivity contribution in [2.45, 2.75) is 19.4 Å². The smallest absolute Gasteiger partial charge is 0.306 e. The van der Waals surface area contributed by atoms with Crippen molar-refractivity contribution >= 4 is 21.9 Å². The highest BCUT2D eigenvalue weighted by molar-refractivity contribution is 9.10. The molecule has 0 bridgehead atoms. The van der Waals surface area contributed by atoms with Crippen LogP contribution in [0.25, 0.3) is 22.7 Å². The molecule has 0 spiro atoms. The largest absolute Gasteiger partial charge is 0.456 e. The molecule has 10 heteroatoms. The van der Waals surface area contributed by atoms with Crippen LogP contribution in [-0.4, -0.2) is 21.1 Å². The molecule has 0 atom stereocenters. The van der Waals surface area contributed by atoms with Crippen LogP contribution >= 0.6 is 15.9 Å². The van der Waals surface area contributed by atoms with Crippen LogP contribution in [0.3, 0.4) is 0 Å². The molecule has 0 aliphatic heterocycles. The van der Waals surface area contributed by atoms with Crippen LogP contribution in [-0.2, 0) is 22.6 Å². The van der Waals surface area contributed by atoms with E-state index < -0.39 is 17.6 Å². The summed E-state index contributed by atoms with van der Waals surface area (Å²) >= 11 is 3.37. The van der Waals surface area contributed by atoms with Gasteiger partial charge in [0.25, 0.3) is 5.89 Å². The molecule has 7 nitrogen and oxygen atoms in total. The summed E-state index contributed by atoms with van der Waals surface area (Å²) in [5.74, 6) is -1.05. The minimum Gasteiger partial charge on any atom is -0.456 e. The number of nitrogens with zero attached hydrogens (tertiary/aromatic N) is 3. The second-order valence-corrected chi connectivity index (χ2v) is 7.34. The predicted molar refractivity (Wildman–Crippen MR) is 107 cm³/mol. The van der Waals surface area contributed by atoms with E-state index in [-0.39, 0.29) is 42.6 Å². The summed E-state index contributed by atoms with van der Waals surface area (Å²) in [5, 5.41) is 3.87. The molecule has 0 aliphatic carbocycles. The fourth-order valence-electron chi connectivity index (χ4n) is 2.72. The van der Waals surface area contributed by atoms with E-state index in [9.17, 15) is 13.6 Å². The van der Waals surface area contributed by atoms with Crippen molar-refractivity contribution < 1.29 is 27.3 Å². The van der Waals surface area contributed by atoms with Crippen LogP contribution in [0, 0.1) is 11.6 Å². The molecule has 4 aromatic rings. The molecule has 158 valence electrons. The van der Waals surface area contributed by atoms with Gasteiger partial charge in [0.2, 0.25) is 5.82 Å². The number of hydrogen-bond donors (Lipinski definition) is 0. The maximum absolute atomic E-state index is 13.8. The Hall–Kier alpha value is -3.40. The lowest BCUT2D eigenvalue weighted by Crippen LogP contribution is -2.06. The molecule has 2 aromatic carbocycles. The number of carbonyl (C=O) groups excluding carboxylic acids is 1. The lowest BCUT2D eigenvalue weighted by molar-refractivity contribution is -0.145. The number of esters is 1.